The first-order valence-corrected chi connectivity index (χ1v) is 9.63. The molecule has 0 unspecified atom stereocenters. The molecule has 0 bridgehead atoms. The van der Waals surface area contributed by atoms with Crippen LogP contribution in [0.3, 0.4) is 0 Å². The number of nitrogens with zero attached hydrogens (tertiary/aromatic N) is 5. The molecule has 0 spiro atoms. The van der Waals surface area contributed by atoms with E-state index < -0.39 is 4.92 Å². The number of hydrogen-bond acceptors (Lipinski definition) is 6. The van der Waals surface area contributed by atoms with Crippen LogP contribution >= 0.6 is 11.3 Å². The van der Waals surface area contributed by atoms with E-state index in [4.69, 9.17) is 4.98 Å². The zero-order valence-electron chi connectivity index (χ0n) is 15.0. The molecular formula is C21H13N5O2S. The van der Waals surface area contributed by atoms with Gasteiger partial charge in [0.2, 0.25) is 0 Å². The highest BCUT2D eigenvalue weighted by molar-refractivity contribution is 7.19. The molecule has 0 radical (unpaired) electrons. The van der Waals surface area contributed by atoms with Gasteiger partial charge in [-0.1, -0.05) is 29.5 Å². The summed E-state index contributed by atoms with van der Waals surface area (Å²) in [6.45, 7) is 0. The molecule has 5 rings (SSSR count). The van der Waals surface area contributed by atoms with Gasteiger partial charge in [0.25, 0.3) is 5.69 Å². The van der Waals surface area contributed by atoms with Gasteiger partial charge >= 0.3 is 0 Å². The fraction of sp³-hybridized carbons (Fsp3) is 0. The molecule has 0 amide bonds. The Kier molecular flexibility index (Phi) is 4.10. The topological polar surface area (TPSA) is 86.7 Å². The van der Waals surface area contributed by atoms with Crippen molar-refractivity contribution in [1.82, 2.24) is 20.0 Å². The van der Waals surface area contributed by atoms with E-state index in [1.54, 1.807) is 28.2 Å². The summed E-state index contributed by atoms with van der Waals surface area (Å²) >= 11 is 1.56. The minimum absolute atomic E-state index is 0.0508. The van der Waals surface area contributed by atoms with Crippen molar-refractivity contribution in [3.8, 4) is 0 Å². The summed E-state index contributed by atoms with van der Waals surface area (Å²) in [6, 6.07) is 22.0. The molecular weight excluding hydrogens is 386 g/mol. The molecule has 0 saturated carbocycles. The van der Waals surface area contributed by atoms with Gasteiger partial charge < -0.3 is 0 Å². The van der Waals surface area contributed by atoms with E-state index in [1.807, 2.05) is 54.6 Å². The molecule has 0 saturated heterocycles. The quantitative estimate of drug-likeness (QED) is 0.314. The van der Waals surface area contributed by atoms with Gasteiger partial charge in [-0.2, -0.15) is 0 Å². The lowest BCUT2D eigenvalue weighted by molar-refractivity contribution is -0.384. The number of nitro benzene ring substituents is 1. The largest absolute Gasteiger partial charge is 0.269 e. The number of rotatable bonds is 4. The predicted molar refractivity (Wildman–Crippen MR) is 114 cm³/mol. The maximum absolute atomic E-state index is 10.9. The highest BCUT2D eigenvalue weighted by Crippen LogP contribution is 2.31. The molecule has 8 heteroatoms. The number of thiazole rings is 1. The van der Waals surface area contributed by atoms with Crippen molar-refractivity contribution in [3.63, 3.8) is 0 Å². The molecule has 0 atom stereocenters. The Labute approximate surface area is 168 Å². The Morgan fingerprint density at radius 1 is 0.966 bits per heavy atom. The van der Waals surface area contributed by atoms with Crippen LogP contribution in [-0.4, -0.2) is 24.9 Å². The summed E-state index contributed by atoms with van der Waals surface area (Å²) in [6.07, 6.45) is 1.92. The van der Waals surface area contributed by atoms with E-state index in [0.29, 0.717) is 0 Å². The van der Waals surface area contributed by atoms with E-state index in [1.165, 1.54) is 12.1 Å². The number of aromatic nitrogens is 4. The second-order valence-corrected chi connectivity index (χ2v) is 7.39. The molecule has 0 aliphatic carbocycles. The van der Waals surface area contributed by atoms with E-state index >= 15 is 0 Å². The number of nitro groups is 1. The van der Waals surface area contributed by atoms with Gasteiger partial charge in [-0.25, -0.2) is 9.67 Å². The lowest BCUT2D eigenvalue weighted by Crippen LogP contribution is -2.01. The van der Waals surface area contributed by atoms with Crippen molar-refractivity contribution in [1.29, 1.82) is 0 Å². The highest BCUT2D eigenvalue weighted by Gasteiger charge is 2.15. The van der Waals surface area contributed by atoms with Gasteiger partial charge in [0, 0.05) is 12.1 Å². The predicted octanol–water partition coefficient (Wildman–Crippen LogP) is 5.00. The molecule has 2 aromatic heterocycles. The van der Waals surface area contributed by atoms with Gasteiger partial charge in [-0.15, -0.1) is 16.4 Å². The van der Waals surface area contributed by atoms with Crippen LogP contribution in [0.25, 0.3) is 33.0 Å². The summed E-state index contributed by atoms with van der Waals surface area (Å²) < 4.78 is 2.83. The first-order chi connectivity index (χ1) is 14.2. The molecule has 0 fully saturated rings. The van der Waals surface area contributed by atoms with Crippen molar-refractivity contribution >= 4 is 50.0 Å². The van der Waals surface area contributed by atoms with Crippen molar-refractivity contribution in [2.24, 2.45) is 0 Å². The van der Waals surface area contributed by atoms with Crippen molar-refractivity contribution in [3.05, 3.63) is 93.5 Å². The SMILES string of the molecule is O=[N+]([O-])c1ccc(/C=C(/c2nc3ccccc3s2)n2nnc3ccccc32)cc1. The van der Waals surface area contributed by atoms with Crippen LogP contribution in [0.4, 0.5) is 5.69 Å². The average Bonchev–Trinajstić information content (AvgIpc) is 3.36. The Morgan fingerprint density at radius 3 is 2.45 bits per heavy atom. The summed E-state index contributed by atoms with van der Waals surface area (Å²) in [4.78, 5) is 15.3. The minimum atomic E-state index is -0.410. The number of fused-ring (bicyclic) bond motifs is 2. The Morgan fingerprint density at radius 2 is 1.69 bits per heavy atom. The second kappa shape index (κ2) is 6.92. The fourth-order valence-corrected chi connectivity index (χ4v) is 4.06. The van der Waals surface area contributed by atoms with Crippen LogP contribution in [0.15, 0.2) is 72.8 Å². The Bertz CT molecular complexity index is 1350. The third-order valence-electron chi connectivity index (χ3n) is 4.50. The van der Waals surface area contributed by atoms with Crippen LogP contribution in [0.1, 0.15) is 10.6 Å². The van der Waals surface area contributed by atoms with E-state index in [9.17, 15) is 10.1 Å². The molecule has 7 nitrogen and oxygen atoms in total. The van der Waals surface area contributed by atoms with Crippen molar-refractivity contribution < 1.29 is 4.92 Å². The zero-order valence-corrected chi connectivity index (χ0v) is 15.8. The molecule has 0 aliphatic rings. The summed E-state index contributed by atoms with van der Waals surface area (Å²) in [5.74, 6) is 0. The molecule has 29 heavy (non-hydrogen) atoms. The summed E-state index contributed by atoms with van der Waals surface area (Å²) in [5.41, 5.74) is 4.17. The Hall–Kier alpha value is -3.91. The maximum Gasteiger partial charge on any atom is 0.269 e. The minimum Gasteiger partial charge on any atom is -0.258 e. The van der Waals surface area contributed by atoms with Crippen LogP contribution in [0, 0.1) is 10.1 Å². The van der Waals surface area contributed by atoms with Crippen molar-refractivity contribution in [2.75, 3.05) is 0 Å². The van der Waals surface area contributed by atoms with Crippen molar-refractivity contribution in [2.45, 2.75) is 0 Å². The normalized spacial score (nSPS) is 11.9. The lowest BCUT2D eigenvalue weighted by Gasteiger charge is -2.06. The van der Waals surface area contributed by atoms with Crippen LogP contribution in [-0.2, 0) is 0 Å². The highest BCUT2D eigenvalue weighted by atomic mass is 32.1. The number of non-ortho nitro benzene ring substituents is 1. The average molecular weight is 399 g/mol. The Balaban J connectivity index is 1.71. The molecule has 0 aliphatic heterocycles. The van der Waals surface area contributed by atoms with E-state index in [2.05, 4.69) is 10.3 Å². The molecule has 2 heterocycles. The fourth-order valence-electron chi connectivity index (χ4n) is 3.09. The zero-order chi connectivity index (χ0) is 19.8. The first-order valence-electron chi connectivity index (χ1n) is 8.82. The molecule has 3 aromatic carbocycles. The summed E-state index contributed by atoms with van der Waals surface area (Å²) in [5, 5.41) is 20.3. The molecule has 0 N–H and O–H groups in total. The number of hydrogen-bond donors (Lipinski definition) is 0. The molecule has 5 aromatic rings. The summed E-state index contributed by atoms with van der Waals surface area (Å²) in [7, 11) is 0. The van der Waals surface area contributed by atoms with Gasteiger partial charge in [0.15, 0.2) is 0 Å². The monoisotopic (exact) mass is 399 g/mol. The van der Waals surface area contributed by atoms with Gasteiger partial charge in [0.05, 0.1) is 20.7 Å². The number of para-hydroxylation sites is 2. The number of benzene rings is 3. The van der Waals surface area contributed by atoms with Gasteiger partial charge in [-0.3, -0.25) is 10.1 Å². The third-order valence-corrected chi connectivity index (χ3v) is 5.56. The smallest absolute Gasteiger partial charge is 0.258 e. The van der Waals surface area contributed by atoms with Crippen LogP contribution < -0.4 is 0 Å². The second-order valence-electron chi connectivity index (χ2n) is 6.35. The van der Waals surface area contributed by atoms with Crippen LogP contribution in [0.2, 0.25) is 0 Å². The molecule has 140 valence electrons. The van der Waals surface area contributed by atoms with Gasteiger partial charge in [-0.05, 0) is 48.0 Å². The van der Waals surface area contributed by atoms with E-state index in [-0.39, 0.29) is 5.69 Å². The standard InChI is InChI=1S/C21H13N5O2S/c27-26(28)15-11-9-14(10-12-15)13-19(21-22-17-6-2-4-8-20(17)29-21)25-18-7-3-1-5-16(18)23-24-25/h1-13H/b19-13-. The lowest BCUT2D eigenvalue weighted by atomic mass is 10.1. The van der Waals surface area contributed by atoms with Crippen LogP contribution in [0.5, 0.6) is 0 Å². The third kappa shape index (κ3) is 3.15. The first kappa shape index (κ1) is 17.2. The maximum atomic E-state index is 10.9. The van der Waals surface area contributed by atoms with E-state index in [0.717, 1.165) is 37.5 Å². The van der Waals surface area contributed by atoms with Gasteiger partial charge in [0.1, 0.15) is 16.2 Å².